The molecule has 3 atom stereocenters. The van der Waals surface area contributed by atoms with Gasteiger partial charge in [0.25, 0.3) is 0 Å². The summed E-state index contributed by atoms with van der Waals surface area (Å²) in [5.41, 5.74) is 1.46. The number of likely N-dealkylation sites (tertiary alicyclic amines) is 1. The molecular weight excluding hydrogens is 286 g/mol. The molecule has 0 spiro atoms. The predicted octanol–water partition coefficient (Wildman–Crippen LogP) is 4.14. The van der Waals surface area contributed by atoms with Crippen molar-refractivity contribution in [2.24, 2.45) is 11.8 Å². The van der Waals surface area contributed by atoms with Gasteiger partial charge in [-0.2, -0.15) is 0 Å². The van der Waals surface area contributed by atoms with Gasteiger partial charge in [0.05, 0.1) is 0 Å². The summed E-state index contributed by atoms with van der Waals surface area (Å²) in [6.45, 7) is 8.50. The molecule has 1 aromatic carbocycles. The Morgan fingerprint density at radius 3 is 2.56 bits per heavy atom. The third-order valence-electron chi connectivity index (χ3n) is 4.35. The van der Waals surface area contributed by atoms with Gasteiger partial charge in [0.15, 0.2) is 0 Å². The van der Waals surface area contributed by atoms with Gasteiger partial charge >= 0.3 is 0 Å². The largest absolute Gasteiger partial charge is 0.302 e. The van der Waals surface area contributed by atoms with Crippen LogP contribution in [0.15, 0.2) is 30.3 Å². The summed E-state index contributed by atoms with van der Waals surface area (Å²) in [5.74, 6) is 2.35. The molecule has 1 fully saturated rings. The molecule has 0 bridgehead atoms. The lowest BCUT2D eigenvalue weighted by molar-refractivity contribution is 0.134. The number of halogens is 1. The molecule has 3 unspecified atom stereocenters. The minimum Gasteiger partial charge on any atom is -0.302 e. The van der Waals surface area contributed by atoms with Gasteiger partial charge in [0, 0.05) is 24.3 Å². The molecular formula is C16H24BrN. The van der Waals surface area contributed by atoms with E-state index in [1.807, 2.05) is 0 Å². The van der Waals surface area contributed by atoms with Crippen molar-refractivity contribution in [3.8, 4) is 0 Å². The fourth-order valence-electron chi connectivity index (χ4n) is 2.80. The van der Waals surface area contributed by atoms with Crippen LogP contribution in [0, 0.1) is 11.8 Å². The van der Waals surface area contributed by atoms with Crippen LogP contribution in [0.1, 0.15) is 31.7 Å². The second kappa shape index (κ2) is 6.72. The van der Waals surface area contributed by atoms with Crippen molar-refractivity contribution < 1.29 is 0 Å². The fraction of sp³-hybridized carbons (Fsp3) is 0.625. The van der Waals surface area contributed by atoms with E-state index in [1.165, 1.54) is 31.6 Å². The van der Waals surface area contributed by atoms with Crippen molar-refractivity contribution in [2.45, 2.75) is 26.2 Å². The van der Waals surface area contributed by atoms with Crippen molar-refractivity contribution in [3.05, 3.63) is 35.9 Å². The van der Waals surface area contributed by atoms with Gasteiger partial charge in [-0.05, 0) is 30.4 Å². The van der Waals surface area contributed by atoms with Gasteiger partial charge in [-0.1, -0.05) is 60.1 Å². The highest BCUT2D eigenvalue weighted by Crippen LogP contribution is 2.26. The molecule has 0 radical (unpaired) electrons. The van der Waals surface area contributed by atoms with Crippen LogP contribution in [-0.2, 0) is 0 Å². The normalized spacial score (nSPS) is 27.1. The highest BCUT2D eigenvalue weighted by molar-refractivity contribution is 9.09. The Kier molecular flexibility index (Phi) is 5.25. The van der Waals surface area contributed by atoms with E-state index in [-0.39, 0.29) is 0 Å². The molecule has 0 saturated carbocycles. The number of hydrogen-bond donors (Lipinski definition) is 0. The second-order valence-corrected chi connectivity index (χ2v) is 6.41. The number of benzene rings is 1. The quantitative estimate of drug-likeness (QED) is 0.755. The summed E-state index contributed by atoms with van der Waals surface area (Å²) in [6.07, 6.45) is 1.35. The van der Waals surface area contributed by atoms with Crippen LogP contribution in [0.2, 0.25) is 0 Å². The minimum atomic E-state index is 0.617. The topological polar surface area (TPSA) is 3.24 Å². The molecule has 0 aromatic heterocycles. The van der Waals surface area contributed by atoms with Gasteiger partial charge in [-0.3, -0.25) is 0 Å². The standard InChI is InChI=1S/C16H24BrN/c1-13-8-9-18(11-14(13)2)12-16(10-17)15-6-4-3-5-7-15/h3-7,13-14,16H,8-12H2,1-2H3. The molecule has 0 N–H and O–H groups in total. The van der Waals surface area contributed by atoms with Crippen molar-refractivity contribution in [1.29, 1.82) is 0 Å². The third kappa shape index (κ3) is 3.58. The summed E-state index contributed by atoms with van der Waals surface area (Å²) in [4.78, 5) is 2.64. The van der Waals surface area contributed by atoms with Crippen LogP contribution >= 0.6 is 15.9 Å². The zero-order valence-corrected chi connectivity index (χ0v) is 13.1. The molecule has 100 valence electrons. The number of alkyl halides is 1. The van der Waals surface area contributed by atoms with Crippen LogP contribution < -0.4 is 0 Å². The maximum absolute atomic E-state index is 3.68. The first kappa shape index (κ1) is 14.1. The van der Waals surface area contributed by atoms with E-state index < -0.39 is 0 Å². The maximum Gasteiger partial charge on any atom is 0.0112 e. The highest BCUT2D eigenvalue weighted by Gasteiger charge is 2.24. The molecule has 18 heavy (non-hydrogen) atoms. The zero-order valence-electron chi connectivity index (χ0n) is 11.5. The van der Waals surface area contributed by atoms with Crippen molar-refractivity contribution in [3.63, 3.8) is 0 Å². The Labute approximate surface area is 120 Å². The first-order valence-corrected chi connectivity index (χ1v) is 8.16. The first-order chi connectivity index (χ1) is 8.70. The first-order valence-electron chi connectivity index (χ1n) is 7.04. The van der Waals surface area contributed by atoms with Gasteiger partial charge < -0.3 is 4.90 Å². The maximum atomic E-state index is 3.68. The molecule has 1 aromatic rings. The van der Waals surface area contributed by atoms with E-state index in [0.29, 0.717) is 5.92 Å². The zero-order chi connectivity index (χ0) is 13.0. The van der Waals surface area contributed by atoms with Gasteiger partial charge in [0.1, 0.15) is 0 Å². The summed E-state index contributed by atoms with van der Waals surface area (Å²) in [5, 5.41) is 1.05. The summed E-state index contributed by atoms with van der Waals surface area (Å²) in [7, 11) is 0. The number of nitrogens with zero attached hydrogens (tertiary/aromatic N) is 1. The molecule has 1 aliphatic rings. The SMILES string of the molecule is CC1CCN(CC(CBr)c2ccccc2)CC1C. The average Bonchev–Trinajstić information content (AvgIpc) is 2.41. The van der Waals surface area contributed by atoms with E-state index in [2.05, 4.69) is 65.0 Å². The van der Waals surface area contributed by atoms with Crippen LogP contribution in [0.4, 0.5) is 0 Å². The Bertz CT molecular complexity index is 351. The van der Waals surface area contributed by atoms with Crippen LogP contribution in [0.25, 0.3) is 0 Å². The smallest absolute Gasteiger partial charge is 0.0112 e. The average molecular weight is 310 g/mol. The molecule has 2 heteroatoms. The van der Waals surface area contributed by atoms with Crippen molar-refractivity contribution >= 4 is 15.9 Å². The monoisotopic (exact) mass is 309 g/mol. The van der Waals surface area contributed by atoms with Gasteiger partial charge in [-0.25, -0.2) is 0 Å². The fourth-order valence-corrected chi connectivity index (χ4v) is 3.37. The number of hydrogen-bond acceptors (Lipinski definition) is 1. The Hall–Kier alpha value is -0.340. The molecule has 0 aliphatic carbocycles. The Balaban J connectivity index is 1.95. The van der Waals surface area contributed by atoms with Crippen LogP contribution in [-0.4, -0.2) is 29.9 Å². The van der Waals surface area contributed by atoms with Crippen molar-refractivity contribution in [2.75, 3.05) is 25.0 Å². The molecule has 1 aliphatic heterocycles. The summed E-state index contributed by atoms with van der Waals surface area (Å²) < 4.78 is 0. The predicted molar refractivity (Wildman–Crippen MR) is 82.4 cm³/mol. The van der Waals surface area contributed by atoms with E-state index >= 15 is 0 Å². The summed E-state index contributed by atoms with van der Waals surface area (Å²) in [6, 6.07) is 10.9. The Morgan fingerprint density at radius 2 is 1.94 bits per heavy atom. The van der Waals surface area contributed by atoms with E-state index in [9.17, 15) is 0 Å². The van der Waals surface area contributed by atoms with E-state index in [1.54, 1.807) is 0 Å². The lowest BCUT2D eigenvalue weighted by Gasteiger charge is -2.37. The van der Waals surface area contributed by atoms with E-state index in [0.717, 1.165) is 17.2 Å². The third-order valence-corrected chi connectivity index (χ3v) is 5.14. The molecule has 1 nitrogen and oxygen atoms in total. The minimum absolute atomic E-state index is 0.617. The lowest BCUT2D eigenvalue weighted by atomic mass is 9.88. The van der Waals surface area contributed by atoms with Crippen molar-refractivity contribution in [1.82, 2.24) is 4.90 Å². The number of rotatable bonds is 4. The summed E-state index contributed by atoms with van der Waals surface area (Å²) >= 11 is 3.68. The molecule has 0 amide bonds. The number of piperidine rings is 1. The Morgan fingerprint density at radius 1 is 1.22 bits per heavy atom. The lowest BCUT2D eigenvalue weighted by Crippen LogP contribution is -2.40. The van der Waals surface area contributed by atoms with E-state index in [4.69, 9.17) is 0 Å². The second-order valence-electron chi connectivity index (χ2n) is 5.76. The molecule has 1 saturated heterocycles. The van der Waals surface area contributed by atoms with Crippen LogP contribution in [0.5, 0.6) is 0 Å². The molecule has 2 rings (SSSR count). The highest BCUT2D eigenvalue weighted by atomic mass is 79.9. The molecule has 1 heterocycles. The van der Waals surface area contributed by atoms with Gasteiger partial charge in [0.2, 0.25) is 0 Å². The van der Waals surface area contributed by atoms with Crippen LogP contribution in [0.3, 0.4) is 0 Å². The van der Waals surface area contributed by atoms with Gasteiger partial charge in [-0.15, -0.1) is 0 Å².